The van der Waals surface area contributed by atoms with Crippen LogP contribution >= 0.6 is 11.6 Å². The summed E-state index contributed by atoms with van der Waals surface area (Å²) in [7, 11) is 3.05. The third-order valence-corrected chi connectivity index (χ3v) is 4.95. The van der Waals surface area contributed by atoms with E-state index in [2.05, 4.69) is 10.5 Å². The van der Waals surface area contributed by atoms with Gasteiger partial charge in [-0.25, -0.2) is 4.79 Å². The number of carbonyl (C=O) groups is 1. The van der Waals surface area contributed by atoms with E-state index >= 15 is 0 Å². The summed E-state index contributed by atoms with van der Waals surface area (Å²) < 4.78 is 15.8. The van der Waals surface area contributed by atoms with Crippen molar-refractivity contribution in [2.75, 3.05) is 26.1 Å². The normalized spacial score (nSPS) is 16.7. The number of anilines is 1. The highest BCUT2D eigenvalue weighted by Gasteiger charge is 2.34. The molecule has 2 aromatic rings. The molecular formula is C18H22ClN3O4. The van der Waals surface area contributed by atoms with E-state index in [-0.39, 0.29) is 12.1 Å². The summed E-state index contributed by atoms with van der Waals surface area (Å²) >= 11 is 6.19. The van der Waals surface area contributed by atoms with Crippen molar-refractivity contribution in [2.45, 2.75) is 32.7 Å². The van der Waals surface area contributed by atoms with E-state index in [9.17, 15) is 4.79 Å². The third-order valence-electron chi connectivity index (χ3n) is 4.65. The molecule has 3 rings (SSSR count). The Bertz CT molecular complexity index is 802. The van der Waals surface area contributed by atoms with Gasteiger partial charge >= 0.3 is 6.03 Å². The van der Waals surface area contributed by atoms with Gasteiger partial charge in [-0.3, -0.25) is 0 Å². The van der Waals surface area contributed by atoms with E-state index < -0.39 is 0 Å². The second-order valence-electron chi connectivity index (χ2n) is 6.21. The number of hydrogen-bond acceptors (Lipinski definition) is 5. The monoisotopic (exact) mass is 379 g/mol. The van der Waals surface area contributed by atoms with Crippen molar-refractivity contribution >= 4 is 23.3 Å². The number of methoxy groups -OCH3 is 2. The van der Waals surface area contributed by atoms with Crippen molar-refractivity contribution in [3.8, 4) is 11.5 Å². The number of aromatic nitrogens is 1. The smallest absolute Gasteiger partial charge is 0.322 e. The first-order valence-corrected chi connectivity index (χ1v) is 8.76. The molecule has 1 atom stereocenters. The highest BCUT2D eigenvalue weighted by atomic mass is 35.5. The summed E-state index contributed by atoms with van der Waals surface area (Å²) in [5.41, 5.74) is 2.29. The molecule has 1 N–H and O–H groups in total. The first kappa shape index (κ1) is 18.4. The zero-order valence-corrected chi connectivity index (χ0v) is 16.0. The van der Waals surface area contributed by atoms with Crippen LogP contribution in [0.25, 0.3) is 0 Å². The van der Waals surface area contributed by atoms with Gasteiger partial charge in [0.05, 0.1) is 36.7 Å². The van der Waals surface area contributed by atoms with Gasteiger partial charge in [0.1, 0.15) is 17.3 Å². The molecule has 0 aliphatic carbocycles. The predicted molar refractivity (Wildman–Crippen MR) is 98.2 cm³/mol. The number of amides is 2. The van der Waals surface area contributed by atoms with Crippen LogP contribution in [0.1, 0.15) is 35.9 Å². The number of rotatable bonds is 4. The highest BCUT2D eigenvalue weighted by molar-refractivity contribution is 6.32. The van der Waals surface area contributed by atoms with Crippen LogP contribution in [0, 0.1) is 13.8 Å². The van der Waals surface area contributed by atoms with E-state index in [1.54, 1.807) is 17.0 Å². The number of carbonyl (C=O) groups excluding carboxylic acids is 1. The van der Waals surface area contributed by atoms with E-state index in [0.29, 0.717) is 28.8 Å². The summed E-state index contributed by atoms with van der Waals surface area (Å²) in [6.07, 6.45) is 1.79. The zero-order valence-electron chi connectivity index (χ0n) is 15.3. The third kappa shape index (κ3) is 3.31. The minimum absolute atomic E-state index is 0.0547. The van der Waals surface area contributed by atoms with E-state index in [4.69, 9.17) is 25.6 Å². The van der Waals surface area contributed by atoms with E-state index in [1.165, 1.54) is 14.2 Å². The Morgan fingerprint density at radius 2 is 2.04 bits per heavy atom. The number of hydrogen-bond donors (Lipinski definition) is 1. The number of halogens is 1. The second kappa shape index (κ2) is 7.45. The summed E-state index contributed by atoms with van der Waals surface area (Å²) in [5.74, 6) is 1.71. The van der Waals surface area contributed by atoms with Crippen molar-refractivity contribution in [1.29, 1.82) is 0 Å². The van der Waals surface area contributed by atoms with Gasteiger partial charge in [0.2, 0.25) is 0 Å². The largest absolute Gasteiger partial charge is 0.495 e. The average Bonchev–Trinajstić information content (AvgIpc) is 3.21. The lowest BCUT2D eigenvalue weighted by atomic mass is 10.0. The lowest BCUT2D eigenvalue weighted by molar-refractivity contribution is 0.206. The van der Waals surface area contributed by atoms with Crippen molar-refractivity contribution in [3.05, 3.63) is 34.2 Å². The first-order valence-electron chi connectivity index (χ1n) is 8.38. The molecule has 1 aliphatic heterocycles. The Hall–Kier alpha value is -2.41. The first-order chi connectivity index (χ1) is 12.5. The Morgan fingerprint density at radius 1 is 1.31 bits per heavy atom. The number of aryl methyl sites for hydroxylation is 2. The van der Waals surface area contributed by atoms with Gasteiger partial charge in [-0.15, -0.1) is 0 Å². The van der Waals surface area contributed by atoms with Crippen molar-refractivity contribution in [3.63, 3.8) is 0 Å². The fraction of sp³-hybridized carbons (Fsp3) is 0.444. The quantitative estimate of drug-likeness (QED) is 0.855. The van der Waals surface area contributed by atoms with Crippen LogP contribution in [0.15, 0.2) is 16.7 Å². The van der Waals surface area contributed by atoms with Crippen molar-refractivity contribution in [1.82, 2.24) is 10.1 Å². The van der Waals surface area contributed by atoms with Gasteiger partial charge in [-0.05, 0) is 32.8 Å². The van der Waals surface area contributed by atoms with Crippen LogP contribution in [0.2, 0.25) is 5.02 Å². The van der Waals surface area contributed by atoms with Crippen LogP contribution in [0.4, 0.5) is 10.5 Å². The van der Waals surface area contributed by atoms with Crippen molar-refractivity contribution in [2.24, 2.45) is 0 Å². The molecule has 0 saturated carbocycles. The number of ether oxygens (including phenoxy) is 2. The lowest BCUT2D eigenvalue weighted by Gasteiger charge is -2.25. The van der Waals surface area contributed by atoms with Gasteiger partial charge < -0.3 is 24.2 Å². The molecule has 0 spiro atoms. The second-order valence-corrected chi connectivity index (χ2v) is 6.61. The topological polar surface area (TPSA) is 76.8 Å². The van der Waals surface area contributed by atoms with Gasteiger partial charge in [-0.2, -0.15) is 0 Å². The lowest BCUT2D eigenvalue weighted by Crippen LogP contribution is -2.34. The summed E-state index contributed by atoms with van der Waals surface area (Å²) in [6, 6.07) is 3.00. The molecule has 1 fully saturated rings. The molecular weight excluding hydrogens is 358 g/mol. The molecule has 1 aliphatic rings. The summed E-state index contributed by atoms with van der Waals surface area (Å²) in [5, 5.41) is 7.30. The molecule has 0 radical (unpaired) electrons. The maximum absolute atomic E-state index is 12.9. The molecule has 8 heteroatoms. The Balaban J connectivity index is 1.85. The number of urea groups is 1. The van der Waals surface area contributed by atoms with E-state index in [0.717, 1.165) is 29.9 Å². The zero-order chi connectivity index (χ0) is 18.8. The van der Waals surface area contributed by atoms with Crippen LogP contribution in [0.3, 0.4) is 0 Å². The SMILES string of the molecule is COc1cc(OC)c(NC(=O)N2CCC[C@@H]2c2c(C)noc2C)cc1Cl. The standard InChI is InChI=1S/C18H22ClN3O4/c1-10-17(11(2)26-21-10)14-6-5-7-22(14)18(23)20-13-8-12(19)15(24-3)9-16(13)25-4/h8-9,14H,5-7H2,1-4H3,(H,20,23)/t14-/m1/s1. The average molecular weight is 380 g/mol. The molecule has 140 valence electrons. The minimum atomic E-state index is -0.216. The number of likely N-dealkylation sites (tertiary alicyclic amines) is 1. The number of benzene rings is 1. The molecule has 1 saturated heterocycles. The predicted octanol–water partition coefficient (Wildman–Crippen LogP) is 4.33. The fourth-order valence-corrected chi connectivity index (χ4v) is 3.66. The Labute approximate surface area is 157 Å². The van der Waals surface area contributed by atoms with Gasteiger partial charge in [0.25, 0.3) is 0 Å². The molecule has 26 heavy (non-hydrogen) atoms. The highest BCUT2D eigenvalue weighted by Crippen LogP contribution is 2.38. The summed E-state index contributed by atoms with van der Waals surface area (Å²) in [6.45, 7) is 4.43. The number of nitrogens with zero attached hydrogens (tertiary/aromatic N) is 2. The minimum Gasteiger partial charge on any atom is -0.495 e. The van der Waals surface area contributed by atoms with Crippen LogP contribution < -0.4 is 14.8 Å². The molecule has 0 bridgehead atoms. The molecule has 1 aromatic carbocycles. The molecule has 1 aromatic heterocycles. The van der Waals surface area contributed by atoms with Gasteiger partial charge in [0.15, 0.2) is 0 Å². The molecule has 0 unspecified atom stereocenters. The van der Waals surface area contributed by atoms with E-state index in [1.807, 2.05) is 13.8 Å². The van der Waals surface area contributed by atoms with Crippen LogP contribution in [-0.4, -0.2) is 36.9 Å². The van der Waals surface area contributed by atoms with Crippen LogP contribution in [-0.2, 0) is 0 Å². The van der Waals surface area contributed by atoms with Crippen molar-refractivity contribution < 1.29 is 18.8 Å². The number of nitrogens with one attached hydrogen (secondary N) is 1. The van der Waals surface area contributed by atoms with Gasteiger partial charge in [0, 0.05) is 18.2 Å². The molecule has 7 nitrogen and oxygen atoms in total. The van der Waals surface area contributed by atoms with Crippen LogP contribution in [0.5, 0.6) is 11.5 Å². The molecule has 2 heterocycles. The summed E-state index contributed by atoms with van der Waals surface area (Å²) in [4.78, 5) is 14.7. The Kier molecular flexibility index (Phi) is 5.27. The fourth-order valence-electron chi connectivity index (χ4n) is 3.42. The molecule has 2 amide bonds. The van der Waals surface area contributed by atoms with Gasteiger partial charge in [-0.1, -0.05) is 16.8 Å². The maximum Gasteiger partial charge on any atom is 0.322 e. The Morgan fingerprint density at radius 3 is 2.65 bits per heavy atom. The maximum atomic E-state index is 12.9.